The van der Waals surface area contributed by atoms with Crippen molar-refractivity contribution >= 4 is 5.91 Å². The van der Waals surface area contributed by atoms with E-state index >= 15 is 0 Å². The fourth-order valence-electron chi connectivity index (χ4n) is 1.34. The molecule has 0 spiro atoms. The molecule has 0 aromatic rings. The van der Waals surface area contributed by atoms with Crippen LogP contribution in [0.4, 0.5) is 0 Å². The summed E-state index contributed by atoms with van der Waals surface area (Å²) in [6.45, 7) is 4.28. The van der Waals surface area contributed by atoms with Crippen LogP contribution in [0.5, 0.6) is 0 Å². The number of rotatable bonds is 2. The average molecular weight is 172 g/mol. The first-order valence-electron chi connectivity index (χ1n) is 4.24. The maximum atomic E-state index is 11.3. The number of aliphatic hydroxyl groups is 1. The molecule has 0 saturated carbocycles. The zero-order chi connectivity index (χ0) is 9.14. The molecule has 1 fully saturated rings. The molecule has 70 valence electrons. The lowest BCUT2D eigenvalue weighted by Crippen LogP contribution is -2.50. The normalized spacial score (nSPS) is 22.9. The van der Waals surface area contributed by atoms with E-state index in [0.717, 1.165) is 13.1 Å². The third-order valence-corrected chi connectivity index (χ3v) is 1.99. The predicted molar refractivity (Wildman–Crippen MR) is 45.8 cm³/mol. The Kier molecular flexibility index (Phi) is 3.05. The Labute approximate surface area is 72.8 Å². The van der Waals surface area contributed by atoms with Crippen LogP contribution in [0.15, 0.2) is 0 Å². The molecule has 1 rings (SSSR count). The van der Waals surface area contributed by atoms with Crippen LogP contribution in [0, 0.1) is 0 Å². The second kappa shape index (κ2) is 3.87. The number of hydrogen-bond donors (Lipinski definition) is 1. The van der Waals surface area contributed by atoms with E-state index in [1.165, 1.54) is 0 Å². The Bertz CT molecular complexity index is 170. The molecule has 12 heavy (non-hydrogen) atoms. The Morgan fingerprint density at radius 2 is 2.25 bits per heavy atom. The molecular weight excluding hydrogens is 156 g/mol. The van der Waals surface area contributed by atoms with Gasteiger partial charge in [0.25, 0.3) is 0 Å². The zero-order valence-corrected chi connectivity index (χ0v) is 7.66. The van der Waals surface area contributed by atoms with Crippen LogP contribution in [-0.2, 0) is 4.79 Å². The van der Waals surface area contributed by atoms with E-state index in [9.17, 15) is 4.79 Å². The second-order valence-corrected chi connectivity index (χ2v) is 3.43. The van der Waals surface area contributed by atoms with Gasteiger partial charge in [-0.2, -0.15) is 0 Å². The molecule has 1 N–H and O–H groups in total. The summed E-state index contributed by atoms with van der Waals surface area (Å²) >= 11 is 0. The highest BCUT2D eigenvalue weighted by Crippen LogP contribution is 2.01. The molecular formula is C8H16N2O2. The first-order valence-corrected chi connectivity index (χ1v) is 4.24. The van der Waals surface area contributed by atoms with Crippen molar-refractivity contribution in [3.05, 3.63) is 0 Å². The lowest BCUT2D eigenvalue weighted by atomic mass is 10.3. The van der Waals surface area contributed by atoms with E-state index in [1.54, 1.807) is 11.8 Å². The number of carbonyl (C=O) groups excluding carboxylic acids is 1. The summed E-state index contributed by atoms with van der Waals surface area (Å²) in [5.74, 6) is 0.115. The molecule has 1 unspecified atom stereocenters. The topological polar surface area (TPSA) is 43.8 Å². The summed E-state index contributed by atoms with van der Waals surface area (Å²) < 4.78 is 0. The Hall–Kier alpha value is -0.610. The molecule has 1 aliphatic rings. The lowest BCUT2D eigenvalue weighted by Gasteiger charge is -2.32. The van der Waals surface area contributed by atoms with E-state index in [-0.39, 0.29) is 5.91 Å². The molecule has 1 atom stereocenters. The van der Waals surface area contributed by atoms with Crippen LogP contribution in [0.3, 0.4) is 0 Å². The van der Waals surface area contributed by atoms with Crippen LogP contribution >= 0.6 is 0 Å². The van der Waals surface area contributed by atoms with Crippen LogP contribution < -0.4 is 0 Å². The minimum atomic E-state index is -0.419. The number of piperazine rings is 1. The highest BCUT2D eigenvalue weighted by atomic mass is 16.3. The van der Waals surface area contributed by atoms with Gasteiger partial charge in [-0.1, -0.05) is 0 Å². The molecule has 1 heterocycles. The predicted octanol–water partition coefficient (Wildman–Crippen LogP) is -0.859. The number of aliphatic hydroxyl groups excluding tert-OH is 1. The molecule has 1 aliphatic heterocycles. The van der Waals surface area contributed by atoms with Crippen molar-refractivity contribution in [2.75, 3.05) is 33.2 Å². The largest absolute Gasteiger partial charge is 0.392 e. The lowest BCUT2D eigenvalue weighted by molar-refractivity contribution is -0.136. The molecule has 0 aromatic heterocycles. The molecule has 0 radical (unpaired) electrons. The Morgan fingerprint density at radius 3 is 2.75 bits per heavy atom. The van der Waals surface area contributed by atoms with Crippen molar-refractivity contribution < 1.29 is 9.90 Å². The zero-order valence-electron chi connectivity index (χ0n) is 7.66. The summed E-state index contributed by atoms with van der Waals surface area (Å²) in [7, 11) is 1.93. The van der Waals surface area contributed by atoms with E-state index < -0.39 is 6.10 Å². The second-order valence-electron chi connectivity index (χ2n) is 3.43. The van der Waals surface area contributed by atoms with Crippen LogP contribution in [0.2, 0.25) is 0 Å². The molecule has 0 aromatic carbocycles. The Balaban J connectivity index is 2.40. The summed E-state index contributed by atoms with van der Waals surface area (Å²) in [5.41, 5.74) is 0. The van der Waals surface area contributed by atoms with E-state index in [1.807, 2.05) is 11.9 Å². The number of likely N-dealkylation sites (N-methyl/N-ethyl adjacent to an activating group) is 1. The minimum Gasteiger partial charge on any atom is -0.392 e. The standard InChI is InChI=1S/C8H16N2O2/c1-7(11)5-10-4-3-9(2)6-8(10)12/h7,11H,3-6H2,1-2H3. The SMILES string of the molecule is CC(O)CN1CCN(C)CC1=O. The van der Waals surface area contributed by atoms with Gasteiger partial charge in [0.05, 0.1) is 12.6 Å². The van der Waals surface area contributed by atoms with Crippen LogP contribution in [0.25, 0.3) is 0 Å². The molecule has 4 nitrogen and oxygen atoms in total. The molecule has 0 bridgehead atoms. The van der Waals surface area contributed by atoms with Gasteiger partial charge in [0.1, 0.15) is 0 Å². The van der Waals surface area contributed by atoms with E-state index in [0.29, 0.717) is 13.1 Å². The van der Waals surface area contributed by atoms with Crippen molar-refractivity contribution in [2.24, 2.45) is 0 Å². The Morgan fingerprint density at radius 1 is 1.58 bits per heavy atom. The van der Waals surface area contributed by atoms with Gasteiger partial charge in [0.15, 0.2) is 0 Å². The van der Waals surface area contributed by atoms with Gasteiger partial charge < -0.3 is 10.0 Å². The maximum absolute atomic E-state index is 11.3. The third kappa shape index (κ3) is 2.46. The van der Waals surface area contributed by atoms with Crippen molar-refractivity contribution in [3.63, 3.8) is 0 Å². The van der Waals surface area contributed by atoms with Gasteiger partial charge in [0.2, 0.25) is 5.91 Å². The summed E-state index contributed by atoms with van der Waals surface area (Å²) in [6, 6.07) is 0. The molecule has 0 aliphatic carbocycles. The summed E-state index contributed by atoms with van der Waals surface area (Å²) in [4.78, 5) is 15.0. The van der Waals surface area contributed by atoms with Crippen LogP contribution in [0.1, 0.15) is 6.92 Å². The van der Waals surface area contributed by atoms with Crippen molar-refractivity contribution in [2.45, 2.75) is 13.0 Å². The minimum absolute atomic E-state index is 0.115. The van der Waals surface area contributed by atoms with Gasteiger partial charge in [-0.15, -0.1) is 0 Å². The first-order chi connectivity index (χ1) is 5.59. The molecule has 1 amide bonds. The van der Waals surface area contributed by atoms with Gasteiger partial charge in [0, 0.05) is 19.6 Å². The van der Waals surface area contributed by atoms with E-state index in [4.69, 9.17) is 5.11 Å². The van der Waals surface area contributed by atoms with Crippen molar-refractivity contribution in [3.8, 4) is 0 Å². The fraction of sp³-hybridized carbons (Fsp3) is 0.875. The average Bonchev–Trinajstić information content (AvgIpc) is 1.94. The molecule has 1 saturated heterocycles. The van der Waals surface area contributed by atoms with Gasteiger partial charge in [-0.05, 0) is 14.0 Å². The number of hydrogen-bond acceptors (Lipinski definition) is 3. The smallest absolute Gasteiger partial charge is 0.236 e. The number of β-amino-alcohol motifs (C(OH)–C–C–N with tert-alkyl or cyclic N) is 1. The first kappa shape index (κ1) is 9.48. The van der Waals surface area contributed by atoms with Crippen molar-refractivity contribution in [1.29, 1.82) is 0 Å². The number of carbonyl (C=O) groups is 1. The van der Waals surface area contributed by atoms with Gasteiger partial charge in [-0.25, -0.2) is 0 Å². The highest BCUT2D eigenvalue weighted by molar-refractivity contribution is 5.79. The quantitative estimate of drug-likeness (QED) is 0.589. The van der Waals surface area contributed by atoms with Gasteiger partial charge >= 0.3 is 0 Å². The van der Waals surface area contributed by atoms with Gasteiger partial charge in [-0.3, -0.25) is 9.69 Å². The summed E-state index contributed by atoms with van der Waals surface area (Å²) in [5, 5.41) is 9.08. The van der Waals surface area contributed by atoms with Crippen LogP contribution in [-0.4, -0.2) is 60.1 Å². The highest BCUT2D eigenvalue weighted by Gasteiger charge is 2.21. The number of nitrogens with zero attached hydrogens (tertiary/aromatic N) is 2. The van der Waals surface area contributed by atoms with Crippen molar-refractivity contribution in [1.82, 2.24) is 9.80 Å². The molecule has 4 heteroatoms. The maximum Gasteiger partial charge on any atom is 0.236 e. The monoisotopic (exact) mass is 172 g/mol. The third-order valence-electron chi connectivity index (χ3n) is 1.99. The number of amides is 1. The fourth-order valence-corrected chi connectivity index (χ4v) is 1.34. The summed E-state index contributed by atoms with van der Waals surface area (Å²) in [6.07, 6.45) is -0.419. The van der Waals surface area contributed by atoms with E-state index in [2.05, 4.69) is 0 Å².